The standard InChI is InChI=1S/C20H28BrClN2O5/c1-29-16-4-2-14(3-5-16)12-24(19(26)17(21)6-9-22)13-18(25)15-7-10-23(11-8-15)20(27)28/h2-5,15,17-18,25H,6-13H2,1H3,(H,27,28). The van der Waals surface area contributed by atoms with Gasteiger partial charge in [0, 0.05) is 32.1 Å². The normalized spacial score (nSPS) is 16.9. The molecule has 1 saturated heterocycles. The molecule has 1 aliphatic rings. The topological polar surface area (TPSA) is 90.3 Å². The van der Waals surface area contributed by atoms with Crippen LogP contribution in [0.1, 0.15) is 24.8 Å². The summed E-state index contributed by atoms with van der Waals surface area (Å²) in [6.07, 6.45) is 0.00270. The SMILES string of the molecule is COc1ccc(CN(CC(O)C2CCN(C(=O)O)CC2)C(=O)C(Br)CCCl)cc1. The van der Waals surface area contributed by atoms with Crippen LogP contribution in [0.25, 0.3) is 0 Å². The molecule has 1 aromatic rings. The van der Waals surface area contributed by atoms with E-state index in [0.29, 0.717) is 44.8 Å². The van der Waals surface area contributed by atoms with E-state index < -0.39 is 17.0 Å². The summed E-state index contributed by atoms with van der Waals surface area (Å²) < 4.78 is 5.17. The lowest BCUT2D eigenvalue weighted by Gasteiger charge is -2.35. The van der Waals surface area contributed by atoms with Crippen LogP contribution in [0.5, 0.6) is 5.75 Å². The van der Waals surface area contributed by atoms with Crippen molar-refractivity contribution >= 4 is 39.5 Å². The van der Waals surface area contributed by atoms with Gasteiger partial charge in [0.2, 0.25) is 5.91 Å². The van der Waals surface area contributed by atoms with E-state index in [2.05, 4.69) is 15.9 Å². The summed E-state index contributed by atoms with van der Waals surface area (Å²) in [4.78, 5) is 26.6. The summed E-state index contributed by atoms with van der Waals surface area (Å²) in [5.41, 5.74) is 0.928. The molecule has 0 bridgehead atoms. The smallest absolute Gasteiger partial charge is 0.407 e. The van der Waals surface area contributed by atoms with Gasteiger partial charge in [-0.15, -0.1) is 11.6 Å². The van der Waals surface area contributed by atoms with E-state index in [1.165, 1.54) is 4.90 Å². The molecule has 0 aliphatic carbocycles. The Hall–Kier alpha value is -1.51. The molecule has 0 saturated carbocycles. The second kappa shape index (κ2) is 11.6. The number of hydrogen-bond donors (Lipinski definition) is 2. The van der Waals surface area contributed by atoms with Crippen molar-refractivity contribution in [3.8, 4) is 5.75 Å². The minimum absolute atomic E-state index is 0.0430. The molecular formula is C20H28BrClN2O5. The highest BCUT2D eigenvalue weighted by Crippen LogP contribution is 2.23. The Kier molecular flexibility index (Phi) is 9.52. The van der Waals surface area contributed by atoms with E-state index in [9.17, 15) is 14.7 Å². The first-order valence-corrected chi connectivity index (χ1v) is 11.1. The molecule has 2 rings (SSSR count). The van der Waals surface area contributed by atoms with Crippen LogP contribution in [-0.2, 0) is 11.3 Å². The maximum Gasteiger partial charge on any atom is 0.407 e. The van der Waals surface area contributed by atoms with E-state index in [0.717, 1.165) is 11.3 Å². The first kappa shape index (κ1) is 23.8. The number of carbonyl (C=O) groups excluding carboxylic acids is 1. The van der Waals surface area contributed by atoms with Gasteiger partial charge in [0.25, 0.3) is 0 Å². The summed E-state index contributed by atoms with van der Waals surface area (Å²) in [6.45, 7) is 1.35. The zero-order valence-electron chi connectivity index (χ0n) is 16.5. The van der Waals surface area contributed by atoms with Crippen molar-refractivity contribution in [2.75, 3.05) is 32.6 Å². The number of rotatable bonds is 9. The largest absolute Gasteiger partial charge is 0.497 e. The van der Waals surface area contributed by atoms with Gasteiger partial charge in [-0.05, 0) is 42.9 Å². The molecular weight excluding hydrogens is 464 g/mol. The van der Waals surface area contributed by atoms with Crippen LogP contribution >= 0.6 is 27.5 Å². The molecule has 2 unspecified atom stereocenters. The number of carboxylic acid groups (broad SMARTS) is 1. The minimum atomic E-state index is -0.933. The Balaban J connectivity index is 2.05. The summed E-state index contributed by atoms with van der Waals surface area (Å²) in [5, 5.41) is 19.8. The molecule has 1 fully saturated rings. The third-order valence-corrected chi connectivity index (χ3v) is 6.30. The molecule has 2 N–H and O–H groups in total. The summed E-state index contributed by atoms with van der Waals surface area (Å²) in [5.74, 6) is 0.924. The number of amides is 2. The minimum Gasteiger partial charge on any atom is -0.497 e. The van der Waals surface area contributed by atoms with Crippen molar-refractivity contribution in [1.82, 2.24) is 9.80 Å². The molecule has 0 aromatic heterocycles. The molecule has 7 nitrogen and oxygen atoms in total. The maximum atomic E-state index is 12.9. The van der Waals surface area contributed by atoms with Gasteiger partial charge < -0.3 is 24.7 Å². The summed E-state index contributed by atoms with van der Waals surface area (Å²) in [6, 6.07) is 7.45. The quantitative estimate of drug-likeness (QED) is 0.518. The second-order valence-corrected chi connectivity index (χ2v) is 8.67. The van der Waals surface area contributed by atoms with Crippen LogP contribution in [0.15, 0.2) is 24.3 Å². The van der Waals surface area contributed by atoms with Crippen molar-refractivity contribution in [2.45, 2.75) is 36.7 Å². The van der Waals surface area contributed by atoms with Crippen LogP contribution in [0.2, 0.25) is 0 Å². The van der Waals surface area contributed by atoms with E-state index in [1.54, 1.807) is 12.0 Å². The van der Waals surface area contributed by atoms with E-state index in [1.807, 2.05) is 24.3 Å². The van der Waals surface area contributed by atoms with Gasteiger partial charge in [0.1, 0.15) is 5.75 Å². The van der Waals surface area contributed by atoms with Crippen LogP contribution < -0.4 is 4.74 Å². The Morgan fingerprint density at radius 3 is 2.45 bits per heavy atom. The van der Waals surface area contributed by atoms with E-state index in [-0.39, 0.29) is 18.4 Å². The predicted octanol–water partition coefficient (Wildman–Crippen LogP) is 3.17. The lowest BCUT2D eigenvalue weighted by molar-refractivity contribution is -0.133. The average molecular weight is 492 g/mol. The molecule has 162 valence electrons. The second-order valence-electron chi connectivity index (χ2n) is 7.19. The van der Waals surface area contributed by atoms with Gasteiger partial charge in [-0.25, -0.2) is 4.79 Å². The van der Waals surface area contributed by atoms with Gasteiger partial charge in [0.15, 0.2) is 0 Å². The van der Waals surface area contributed by atoms with Crippen molar-refractivity contribution in [3.63, 3.8) is 0 Å². The van der Waals surface area contributed by atoms with Gasteiger partial charge in [0.05, 0.1) is 18.0 Å². The third kappa shape index (κ3) is 7.04. The van der Waals surface area contributed by atoms with Crippen LogP contribution in [-0.4, -0.2) is 75.6 Å². The van der Waals surface area contributed by atoms with Crippen molar-refractivity contribution < 1.29 is 24.5 Å². The highest BCUT2D eigenvalue weighted by atomic mass is 79.9. The van der Waals surface area contributed by atoms with Crippen LogP contribution in [0.3, 0.4) is 0 Å². The molecule has 0 radical (unpaired) electrons. The molecule has 1 aromatic carbocycles. The fourth-order valence-electron chi connectivity index (χ4n) is 3.45. The first-order valence-electron chi connectivity index (χ1n) is 9.63. The number of likely N-dealkylation sites (tertiary alicyclic amines) is 1. The maximum absolute atomic E-state index is 12.9. The Labute approximate surface area is 184 Å². The number of nitrogens with zero attached hydrogens (tertiary/aromatic N) is 2. The molecule has 1 heterocycles. The zero-order chi connectivity index (χ0) is 21.4. The van der Waals surface area contributed by atoms with Crippen molar-refractivity contribution in [2.24, 2.45) is 5.92 Å². The number of aliphatic hydroxyl groups excluding tert-OH is 1. The zero-order valence-corrected chi connectivity index (χ0v) is 18.8. The lowest BCUT2D eigenvalue weighted by atomic mass is 9.91. The van der Waals surface area contributed by atoms with E-state index >= 15 is 0 Å². The van der Waals surface area contributed by atoms with Gasteiger partial charge in [-0.3, -0.25) is 4.79 Å². The third-order valence-electron chi connectivity index (χ3n) is 5.24. The number of hydrogen-bond acceptors (Lipinski definition) is 4. The number of aliphatic hydroxyl groups is 1. The number of benzene rings is 1. The van der Waals surface area contributed by atoms with Crippen molar-refractivity contribution in [3.05, 3.63) is 29.8 Å². The number of halogens is 2. The monoisotopic (exact) mass is 490 g/mol. The van der Waals surface area contributed by atoms with Gasteiger partial charge >= 0.3 is 6.09 Å². The van der Waals surface area contributed by atoms with Gasteiger partial charge in [-0.1, -0.05) is 28.1 Å². The molecule has 2 atom stereocenters. The molecule has 9 heteroatoms. The predicted molar refractivity (Wildman–Crippen MR) is 115 cm³/mol. The number of ether oxygens (including phenoxy) is 1. The first-order chi connectivity index (χ1) is 13.8. The fourth-order valence-corrected chi connectivity index (χ4v) is 4.45. The number of alkyl halides is 2. The lowest BCUT2D eigenvalue weighted by Crippen LogP contribution is -2.46. The molecule has 2 amide bonds. The number of piperidine rings is 1. The number of methoxy groups -OCH3 is 1. The molecule has 29 heavy (non-hydrogen) atoms. The summed E-state index contributed by atoms with van der Waals surface area (Å²) >= 11 is 9.19. The average Bonchev–Trinajstić information content (AvgIpc) is 2.73. The number of carbonyl (C=O) groups is 2. The fraction of sp³-hybridized carbons (Fsp3) is 0.600. The Bertz CT molecular complexity index is 667. The van der Waals surface area contributed by atoms with E-state index in [4.69, 9.17) is 21.4 Å². The summed E-state index contributed by atoms with van der Waals surface area (Å²) in [7, 11) is 1.60. The Morgan fingerprint density at radius 1 is 1.31 bits per heavy atom. The van der Waals surface area contributed by atoms with Crippen LogP contribution in [0, 0.1) is 5.92 Å². The van der Waals surface area contributed by atoms with Gasteiger partial charge in [-0.2, -0.15) is 0 Å². The highest BCUT2D eigenvalue weighted by Gasteiger charge is 2.31. The highest BCUT2D eigenvalue weighted by molar-refractivity contribution is 9.10. The molecule has 1 aliphatic heterocycles. The molecule has 0 spiro atoms. The van der Waals surface area contributed by atoms with Crippen molar-refractivity contribution in [1.29, 1.82) is 0 Å². The Morgan fingerprint density at radius 2 is 1.93 bits per heavy atom. The van der Waals surface area contributed by atoms with Crippen LogP contribution in [0.4, 0.5) is 4.79 Å².